The molecule has 0 bridgehead atoms. The highest BCUT2D eigenvalue weighted by atomic mass is 16.5. The van der Waals surface area contributed by atoms with Crippen molar-refractivity contribution in [2.45, 2.75) is 33.6 Å². The van der Waals surface area contributed by atoms with E-state index in [4.69, 9.17) is 4.74 Å². The number of hydrogen-bond acceptors (Lipinski definition) is 2. The lowest BCUT2D eigenvalue weighted by Crippen LogP contribution is -2.43. The first-order valence-corrected chi connectivity index (χ1v) is 4.28. The van der Waals surface area contributed by atoms with Gasteiger partial charge in [-0.3, -0.25) is 4.79 Å². The minimum absolute atomic E-state index is 0.0150. The monoisotopic (exact) mass is 156 g/mol. The van der Waals surface area contributed by atoms with Crippen LogP contribution in [0.1, 0.15) is 33.6 Å². The second-order valence-electron chi connectivity index (χ2n) is 3.58. The molecule has 1 fully saturated rings. The van der Waals surface area contributed by atoms with Crippen LogP contribution in [0.5, 0.6) is 0 Å². The molecule has 0 aromatic rings. The molecule has 1 saturated carbocycles. The maximum absolute atomic E-state index is 11.3. The largest absolute Gasteiger partial charge is 0.466 e. The van der Waals surface area contributed by atoms with Gasteiger partial charge in [0.1, 0.15) is 0 Å². The summed E-state index contributed by atoms with van der Waals surface area (Å²) in [6.07, 6.45) is 2.16. The average Bonchev–Trinajstić information content (AvgIpc) is 2.01. The van der Waals surface area contributed by atoms with Gasteiger partial charge in [-0.05, 0) is 32.6 Å². The first-order chi connectivity index (χ1) is 5.11. The van der Waals surface area contributed by atoms with Crippen LogP contribution in [0.15, 0.2) is 0 Å². The highest BCUT2D eigenvalue weighted by Gasteiger charge is 2.47. The van der Waals surface area contributed by atoms with Gasteiger partial charge in [0.2, 0.25) is 0 Å². The molecule has 2 unspecified atom stereocenters. The zero-order chi connectivity index (χ0) is 8.48. The van der Waals surface area contributed by atoms with E-state index in [9.17, 15) is 4.79 Å². The predicted molar refractivity (Wildman–Crippen MR) is 43.1 cm³/mol. The molecule has 0 aromatic carbocycles. The molecule has 1 aliphatic rings. The Labute approximate surface area is 67.9 Å². The number of esters is 1. The fraction of sp³-hybridized carbons (Fsp3) is 0.889. The van der Waals surface area contributed by atoms with Gasteiger partial charge in [-0.25, -0.2) is 0 Å². The number of carbonyl (C=O) groups is 1. The van der Waals surface area contributed by atoms with Crippen LogP contribution in [-0.4, -0.2) is 12.6 Å². The highest BCUT2D eigenvalue weighted by Crippen LogP contribution is 2.46. The number of rotatable bonds is 2. The summed E-state index contributed by atoms with van der Waals surface area (Å²) in [7, 11) is 0. The van der Waals surface area contributed by atoms with Crippen LogP contribution in [0, 0.1) is 11.3 Å². The predicted octanol–water partition coefficient (Wildman–Crippen LogP) is 1.99. The van der Waals surface area contributed by atoms with Gasteiger partial charge in [0, 0.05) is 0 Å². The maximum atomic E-state index is 11.3. The lowest BCUT2D eigenvalue weighted by molar-refractivity contribution is -0.164. The maximum Gasteiger partial charge on any atom is 0.312 e. The zero-order valence-corrected chi connectivity index (χ0v) is 7.52. The minimum Gasteiger partial charge on any atom is -0.466 e. The molecule has 0 saturated heterocycles. The van der Waals surface area contributed by atoms with E-state index in [0.29, 0.717) is 12.5 Å². The molecular formula is C9H16O2. The van der Waals surface area contributed by atoms with Crippen molar-refractivity contribution >= 4 is 5.97 Å². The molecule has 2 nitrogen and oxygen atoms in total. The van der Waals surface area contributed by atoms with Gasteiger partial charge in [0.15, 0.2) is 0 Å². The normalized spacial score (nSPS) is 36.1. The SMILES string of the molecule is CCOC(=O)C1(C)CCC1C. The van der Waals surface area contributed by atoms with E-state index in [1.807, 2.05) is 13.8 Å². The Morgan fingerprint density at radius 1 is 1.73 bits per heavy atom. The molecule has 0 aliphatic heterocycles. The molecule has 1 aliphatic carbocycles. The first-order valence-electron chi connectivity index (χ1n) is 4.28. The molecule has 2 heteroatoms. The summed E-state index contributed by atoms with van der Waals surface area (Å²) >= 11 is 0. The minimum atomic E-state index is -0.171. The molecule has 0 aromatic heterocycles. The molecule has 0 heterocycles. The summed E-state index contributed by atoms with van der Waals surface area (Å²) < 4.78 is 4.98. The van der Waals surface area contributed by atoms with Crippen molar-refractivity contribution in [2.75, 3.05) is 6.61 Å². The summed E-state index contributed by atoms with van der Waals surface area (Å²) in [5.41, 5.74) is -0.171. The zero-order valence-electron chi connectivity index (χ0n) is 7.52. The number of hydrogen-bond donors (Lipinski definition) is 0. The Morgan fingerprint density at radius 3 is 2.64 bits per heavy atom. The van der Waals surface area contributed by atoms with Crippen LogP contribution in [0.2, 0.25) is 0 Å². The third-order valence-corrected chi connectivity index (χ3v) is 2.93. The molecule has 0 amide bonds. The van der Waals surface area contributed by atoms with Gasteiger partial charge in [-0.2, -0.15) is 0 Å². The smallest absolute Gasteiger partial charge is 0.312 e. The number of ether oxygens (including phenoxy) is 1. The van der Waals surface area contributed by atoms with Gasteiger partial charge < -0.3 is 4.74 Å². The standard InChI is InChI=1S/C9H16O2/c1-4-11-8(10)9(3)6-5-7(9)2/h7H,4-6H2,1-3H3. The van der Waals surface area contributed by atoms with Crippen molar-refractivity contribution in [1.82, 2.24) is 0 Å². The Bertz CT molecular complexity index is 165. The van der Waals surface area contributed by atoms with Crippen molar-refractivity contribution in [3.8, 4) is 0 Å². The fourth-order valence-electron chi connectivity index (χ4n) is 1.47. The quantitative estimate of drug-likeness (QED) is 0.571. The van der Waals surface area contributed by atoms with Crippen molar-refractivity contribution < 1.29 is 9.53 Å². The molecule has 64 valence electrons. The van der Waals surface area contributed by atoms with E-state index in [2.05, 4.69) is 6.92 Å². The van der Waals surface area contributed by atoms with E-state index in [0.717, 1.165) is 12.8 Å². The lowest BCUT2D eigenvalue weighted by atomic mass is 9.62. The molecule has 2 atom stereocenters. The molecule has 1 rings (SSSR count). The average molecular weight is 156 g/mol. The fourth-order valence-corrected chi connectivity index (χ4v) is 1.47. The van der Waals surface area contributed by atoms with Crippen LogP contribution < -0.4 is 0 Å². The van der Waals surface area contributed by atoms with Crippen molar-refractivity contribution in [2.24, 2.45) is 11.3 Å². The topological polar surface area (TPSA) is 26.3 Å². The first kappa shape index (κ1) is 8.57. The van der Waals surface area contributed by atoms with Gasteiger partial charge in [-0.15, -0.1) is 0 Å². The summed E-state index contributed by atoms with van der Waals surface area (Å²) in [6, 6.07) is 0. The Kier molecular flexibility index (Phi) is 2.21. The van der Waals surface area contributed by atoms with Crippen LogP contribution in [0.3, 0.4) is 0 Å². The second-order valence-corrected chi connectivity index (χ2v) is 3.58. The summed E-state index contributed by atoms with van der Waals surface area (Å²) in [5, 5.41) is 0. The summed E-state index contributed by atoms with van der Waals surface area (Å²) in [6.45, 7) is 6.46. The van der Waals surface area contributed by atoms with Crippen LogP contribution >= 0.6 is 0 Å². The Hall–Kier alpha value is -0.530. The van der Waals surface area contributed by atoms with Gasteiger partial charge in [0.05, 0.1) is 12.0 Å². The third kappa shape index (κ3) is 1.26. The molecule has 11 heavy (non-hydrogen) atoms. The van der Waals surface area contributed by atoms with E-state index < -0.39 is 0 Å². The van der Waals surface area contributed by atoms with Crippen molar-refractivity contribution in [3.05, 3.63) is 0 Å². The van der Waals surface area contributed by atoms with Crippen LogP contribution in [0.4, 0.5) is 0 Å². The van der Waals surface area contributed by atoms with Gasteiger partial charge >= 0.3 is 5.97 Å². The van der Waals surface area contributed by atoms with E-state index in [-0.39, 0.29) is 11.4 Å². The molecule has 0 N–H and O–H groups in total. The molecular weight excluding hydrogens is 140 g/mol. The van der Waals surface area contributed by atoms with E-state index in [1.165, 1.54) is 0 Å². The van der Waals surface area contributed by atoms with Gasteiger partial charge in [0.25, 0.3) is 0 Å². The van der Waals surface area contributed by atoms with E-state index in [1.54, 1.807) is 0 Å². The summed E-state index contributed by atoms with van der Waals surface area (Å²) in [5.74, 6) is 0.486. The number of carbonyl (C=O) groups excluding carboxylic acids is 1. The Morgan fingerprint density at radius 2 is 2.36 bits per heavy atom. The third-order valence-electron chi connectivity index (χ3n) is 2.93. The van der Waals surface area contributed by atoms with Crippen molar-refractivity contribution in [3.63, 3.8) is 0 Å². The van der Waals surface area contributed by atoms with Gasteiger partial charge in [-0.1, -0.05) is 6.92 Å². The summed E-state index contributed by atoms with van der Waals surface area (Å²) in [4.78, 5) is 11.3. The van der Waals surface area contributed by atoms with Crippen LogP contribution in [-0.2, 0) is 9.53 Å². The van der Waals surface area contributed by atoms with Crippen LogP contribution in [0.25, 0.3) is 0 Å². The van der Waals surface area contributed by atoms with Crippen molar-refractivity contribution in [1.29, 1.82) is 0 Å². The lowest BCUT2D eigenvalue weighted by Gasteiger charge is -2.42. The highest BCUT2D eigenvalue weighted by molar-refractivity contribution is 5.77. The second kappa shape index (κ2) is 2.84. The molecule has 0 spiro atoms. The van der Waals surface area contributed by atoms with E-state index >= 15 is 0 Å². The Balaban J connectivity index is 2.51. The molecule has 0 radical (unpaired) electrons.